The summed E-state index contributed by atoms with van der Waals surface area (Å²) < 4.78 is 0. The van der Waals surface area contributed by atoms with E-state index in [1.54, 1.807) is 37.3 Å². The Hall–Kier alpha value is -2.33. The Balaban J connectivity index is 2.12. The Labute approximate surface area is 128 Å². The maximum absolute atomic E-state index is 12.2. The zero-order valence-corrected chi connectivity index (χ0v) is 12.4. The first-order chi connectivity index (χ1) is 9.99. The number of benzene rings is 2. The molecule has 21 heavy (non-hydrogen) atoms. The quantitative estimate of drug-likeness (QED) is 0.599. The standard InChI is InChI=1S/C16H16ClN3O/c1-10(18)13-3-2-4-14(15(13)19)16(21)20-9-11-5-7-12(17)8-6-11/h2-8,18H,9,19H2,1H3,(H,20,21). The van der Waals surface area contributed by atoms with Gasteiger partial charge in [-0.3, -0.25) is 4.79 Å². The van der Waals surface area contributed by atoms with Gasteiger partial charge in [-0.2, -0.15) is 0 Å². The molecule has 2 aromatic rings. The normalized spacial score (nSPS) is 10.2. The van der Waals surface area contributed by atoms with Crippen molar-refractivity contribution in [1.82, 2.24) is 5.32 Å². The van der Waals surface area contributed by atoms with Crippen LogP contribution < -0.4 is 11.1 Å². The third kappa shape index (κ3) is 3.61. The second-order valence-electron chi connectivity index (χ2n) is 4.70. The third-order valence-electron chi connectivity index (χ3n) is 3.12. The monoisotopic (exact) mass is 301 g/mol. The molecule has 0 heterocycles. The lowest BCUT2D eigenvalue weighted by Gasteiger charge is -2.11. The zero-order chi connectivity index (χ0) is 15.4. The Morgan fingerprint density at radius 2 is 1.81 bits per heavy atom. The lowest BCUT2D eigenvalue weighted by molar-refractivity contribution is 0.0952. The van der Waals surface area contributed by atoms with Crippen LogP contribution in [0.15, 0.2) is 42.5 Å². The van der Waals surface area contributed by atoms with E-state index < -0.39 is 0 Å². The van der Waals surface area contributed by atoms with Crippen molar-refractivity contribution in [3.63, 3.8) is 0 Å². The van der Waals surface area contributed by atoms with Gasteiger partial charge in [0, 0.05) is 22.8 Å². The molecule has 1 amide bonds. The number of hydrogen-bond acceptors (Lipinski definition) is 3. The number of rotatable bonds is 4. The van der Waals surface area contributed by atoms with Gasteiger partial charge in [-0.1, -0.05) is 35.9 Å². The van der Waals surface area contributed by atoms with Crippen LogP contribution in [0.25, 0.3) is 0 Å². The SMILES string of the molecule is CC(=N)c1cccc(C(=O)NCc2ccc(Cl)cc2)c1N. The van der Waals surface area contributed by atoms with Gasteiger partial charge < -0.3 is 16.5 Å². The van der Waals surface area contributed by atoms with Crippen LogP contribution in [0.2, 0.25) is 5.02 Å². The fourth-order valence-corrected chi connectivity index (χ4v) is 2.10. The van der Waals surface area contributed by atoms with Crippen LogP contribution in [0.1, 0.15) is 28.4 Å². The molecule has 0 aromatic heterocycles. The van der Waals surface area contributed by atoms with Gasteiger partial charge >= 0.3 is 0 Å². The first-order valence-corrected chi connectivity index (χ1v) is 6.83. The van der Waals surface area contributed by atoms with Crippen molar-refractivity contribution in [3.05, 3.63) is 64.2 Å². The number of para-hydroxylation sites is 1. The van der Waals surface area contributed by atoms with Crippen molar-refractivity contribution in [2.45, 2.75) is 13.5 Å². The van der Waals surface area contributed by atoms with Crippen molar-refractivity contribution >= 4 is 28.9 Å². The first kappa shape index (κ1) is 15.1. The van der Waals surface area contributed by atoms with Crippen LogP contribution in [0.4, 0.5) is 5.69 Å². The lowest BCUT2D eigenvalue weighted by atomic mass is 10.0. The maximum Gasteiger partial charge on any atom is 0.253 e. The Kier molecular flexibility index (Phi) is 4.60. The molecule has 0 saturated carbocycles. The topological polar surface area (TPSA) is 79.0 Å². The van der Waals surface area contributed by atoms with Crippen LogP contribution in [-0.2, 0) is 6.54 Å². The van der Waals surface area contributed by atoms with E-state index in [4.69, 9.17) is 22.7 Å². The molecule has 0 radical (unpaired) electrons. The van der Waals surface area contributed by atoms with Gasteiger partial charge in [-0.25, -0.2) is 0 Å². The van der Waals surface area contributed by atoms with E-state index in [9.17, 15) is 4.79 Å². The molecule has 0 bridgehead atoms. The Morgan fingerprint density at radius 3 is 2.43 bits per heavy atom. The van der Waals surface area contributed by atoms with Crippen molar-refractivity contribution < 1.29 is 4.79 Å². The summed E-state index contributed by atoms with van der Waals surface area (Å²) in [6.07, 6.45) is 0. The predicted molar refractivity (Wildman–Crippen MR) is 86.0 cm³/mol. The van der Waals surface area contributed by atoms with E-state index in [2.05, 4.69) is 5.32 Å². The van der Waals surface area contributed by atoms with Gasteiger partial charge in [0.2, 0.25) is 0 Å². The molecule has 2 rings (SSSR count). The lowest BCUT2D eigenvalue weighted by Crippen LogP contribution is -2.24. The summed E-state index contributed by atoms with van der Waals surface area (Å²) >= 11 is 5.81. The minimum absolute atomic E-state index is 0.259. The summed E-state index contributed by atoms with van der Waals surface area (Å²) in [5, 5.41) is 11.1. The molecule has 108 valence electrons. The van der Waals surface area contributed by atoms with Gasteiger partial charge in [-0.05, 0) is 30.7 Å². The highest BCUT2D eigenvalue weighted by atomic mass is 35.5. The molecule has 0 spiro atoms. The molecule has 0 aliphatic heterocycles. The largest absolute Gasteiger partial charge is 0.398 e. The van der Waals surface area contributed by atoms with Gasteiger partial charge in [0.1, 0.15) is 0 Å². The summed E-state index contributed by atoms with van der Waals surface area (Å²) in [6.45, 7) is 2.03. The molecule has 0 aliphatic rings. The van der Waals surface area contributed by atoms with Crippen molar-refractivity contribution in [1.29, 1.82) is 5.41 Å². The molecule has 2 aromatic carbocycles. The summed E-state index contributed by atoms with van der Waals surface area (Å²) in [4.78, 5) is 12.2. The molecule has 0 atom stereocenters. The molecule has 0 aliphatic carbocycles. The number of halogens is 1. The van der Waals surface area contributed by atoms with Crippen molar-refractivity contribution in [2.75, 3.05) is 5.73 Å². The van der Waals surface area contributed by atoms with E-state index in [0.717, 1.165) is 5.56 Å². The Bertz CT molecular complexity index is 680. The molecule has 5 heteroatoms. The van der Waals surface area contributed by atoms with Crippen LogP contribution in [0.3, 0.4) is 0 Å². The van der Waals surface area contributed by atoms with E-state index in [0.29, 0.717) is 34.1 Å². The van der Waals surface area contributed by atoms with Crippen LogP contribution in [-0.4, -0.2) is 11.6 Å². The minimum Gasteiger partial charge on any atom is -0.398 e. The molecule has 0 fully saturated rings. The van der Waals surface area contributed by atoms with Gasteiger partial charge in [0.15, 0.2) is 0 Å². The van der Waals surface area contributed by atoms with E-state index in [1.807, 2.05) is 12.1 Å². The number of hydrogen-bond donors (Lipinski definition) is 3. The molecular formula is C16H16ClN3O. The Morgan fingerprint density at radius 1 is 1.19 bits per heavy atom. The van der Waals surface area contributed by atoms with Crippen molar-refractivity contribution in [3.8, 4) is 0 Å². The second-order valence-corrected chi connectivity index (χ2v) is 5.14. The summed E-state index contributed by atoms with van der Waals surface area (Å²) in [5.41, 5.74) is 8.53. The smallest absolute Gasteiger partial charge is 0.253 e. The van der Waals surface area contributed by atoms with Crippen LogP contribution in [0.5, 0.6) is 0 Å². The fraction of sp³-hybridized carbons (Fsp3) is 0.125. The molecule has 4 N–H and O–H groups in total. The van der Waals surface area contributed by atoms with E-state index in [-0.39, 0.29) is 5.91 Å². The number of nitrogens with one attached hydrogen (secondary N) is 2. The zero-order valence-electron chi connectivity index (χ0n) is 11.6. The average Bonchev–Trinajstić information content (AvgIpc) is 2.46. The number of anilines is 1. The number of nitrogens with two attached hydrogens (primary N) is 1. The number of carbonyl (C=O) groups is 1. The van der Waals surface area contributed by atoms with E-state index >= 15 is 0 Å². The predicted octanol–water partition coefficient (Wildman–Crippen LogP) is 3.24. The number of nitrogen functional groups attached to an aromatic ring is 1. The number of carbonyl (C=O) groups excluding carboxylic acids is 1. The first-order valence-electron chi connectivity index (χ1n) is 6.45. The summed E-state index contributed by atoms with van der Waals surface area (Å²) in [6, 6.07) is 12.4. The molecular weight excluding hydrogens is 286 g/mol. The molecule has 0 unspecified atom stereocenters. The van der Waals surface area contributed by atoms with Gasteiger partial charge in [0.25, 0.3) is 5.91 Å². The average molecular weight is 302 g/mol. The van der Waals surface area contributed by atoms with Gasteiger partial charge in [-0.15, -0.1) is 0 Å². The molecule has 4 nitrogen and oxygen atoms in total. The molecule has 0 saturated heterocycles. The van der Waals surface area contributed by atoms with Crippen molar-refractivity contribution in [2.24, 2.45) is 0 Å². The van der Waals surface area contributed by atoms with Crippen LogP contribution in [0, 0.1) is 5.41 Å². The highest BCUT2D eigenvalue weighted by Gasteiger charge is 2.13. The minimum atomic E-state index is -0.259. The summed E-state index contributed by atoms with van der Waals surface area (Å²) in [7, 11) is 0. The highest BCUT2D eigenvalue weighted by Crippen LogP contribution is 2.18. The van der Waals surface area contributed by atoms with Crippen LogP contribution >= 0.6 is 11.6 Å². The second kappa shape index (κ2) is 6.41. The third-order valence-corrected chi connectivity index (χ3v) is 3.37. The van der Waals surface area contributed by atoms with E-state index in [1.165, 1.54) is 0 Å². The number of amides is 1. The van der Waals surface area contributed by atoms with Gasteiger partial charge in [0.05, 0.1) is 11.3 Å². The maximum atomic E-state index is 12.2. The fourth-order valence-electron chi connectivity index (χ4n) is 1.97. The summed E-state index contributed by atoms with van der Waals surface area (Å²) in [5.74, 6) is -0.259. The highest BCUT2D eigenvalue weighted by molar-refractivity contribution is 6.30.